The number of hydrogen-bond acceptors (Lipinski definition) is 3. The lowest BCUT2D eigenvalue weighted by Crippen LogP contribution is -2.30. The molecule has 3 nitrogen and oxygen atoms in total. The molecule has 0 heterocycles. The molecule has 3 heteroatoms. The predicted molar refractivity (Wildman–Crippen MR) is 68.8 cm³/mol. The van der Waals surface area contributed by atoms with Crippen molar-refractivity contribution >= 4 is 0 Å². The van der Waals surface area contributed by atoms with Crippen molar-refractivity contribution in [2.75, 3.05) is 33.0 Å². The number of rotatable bonds is 10. The largest absolute Gasteiger partial charge is 0.379 e. The van der Waals surface area contributed by atoms with E-state index in [9.17, 15) is 0 Å². The third-order valence-corrected chi connectivity index (χ3v) is 2.10. The van der Waals surface area contributed by atoms with E-state index in [0.717, 1.165) is 19.8 Å². The Bertz CT molecular complexity index is 149. The SMILES string of the molecule is CC(C)COCCOCC(C)CNC(C)C. The third kappa shape index (κ3) is 12.0. The summed E-state index contributed by atoms with van der Waals surface area (Å²) in [7, 11) is 0. The fourth-order valence-corrected chi connectivity index (χ4v) is 1.22. The van der Waals surface area contributed by atoms with Gasteiger partial charge in [-0.2, -0.15) is 0 Å². The summed E-state index contributed by atoms with van der Waals surface area (Å²) in [5, 5.41) is 3.40. The second-order valence-electron chi connectivity index (χ2n) is 5.21. The monoisotopic (exact) mass is 231 g/mol. The molecule has 1 atom stereocenters. The molecule has 0 bridgehead atoms. The van der Waals surface area contributed by atoms with Crippen LogP contribution in [0.3, 0.4) is 0 Å². The normalized spacial score (nSPS) is 13.7. The molecule has 1 N–H and O–H groups in total. The van der Waals surface area contributed by atoms with Crippen LogP contribution in [0.15, 0.2) is 0 Å². The van der Waals surface area contributed by atoms with Crippen LogP contribution in [0.4, 0.5) is 0 Å². The van der Waals surface area contributed by atoms with Gasteiger partial charge in [0.05, 0.1) is 19.8 Å². The molecule has 0 rings (SSSR count). The first-order valence-electron chi connectivity index (χ1n) is 6.41. The van der Waals surface area contributed by atoms with Crippen molar-refractivity contribution < 1.29 is 9.47 Å². The maximum Gasteiger partial charge on any atom is 0.0700 e. The summed E-state index contributed by atoms with van der Waals surface area (Å²) in [4.78, 5) is 0. The van der Waals surface area contributed by atoms with Crippen LogP contribution in [0.1, 0.15) is 34.6 Å². The van der Waals surface area contributed by atoms with E-state index in [0.29, 0.717) is 31.1 Å². The van der Waals surface area contributed by atoms with E-state index in [-0.39, 0.29) is 0 Å². The molecule has 0 saturated heterocycles. The summed E-state index contributed by atoms with van der Waals surface area (Å²) in [6.07, 6.45) is 0. The molecule has 0 aromatic rings. The summed E-state index contributed by atoms with van der Waals surface area (Å²) in [6, 6.07) is 0.553. The van der Waals surface area contributed by atoms with Crippen molar-refractivity contribution in [3.63, 3.8) is 0 Å². The smallest absolute Gasteiger partial charge is 0.0700 e. The lowest BCUT2D eigenvalue weighted by Gasteiger charge is -2.15. The van der Waals surface area contributed by atoms with E-state index in [1.54, 1.807) is 0 Å². The minimum atomic E-state index is 0.553. The molecular formula is C13H29NO2. The predicted octanol–water partition coefficient (Wildman–Crippen LogP) is 2.31. The highest BCUT2D eigenvalue weighted by Gasteiger charge is 2.02. The van der Waals surface area contributed by atoms with Gasteiger partial charge in [-0.05, 0) is 11.8 Å². The summed E-state index contributed by atoms with van der Waals surface area (Å²) in [5.74, 6) is 1.17. The van der Waals surface area contributed by atoms with Crippen LogP contribution in [0.5, 0.6) is 0 Å². The van der Waals surface area contributed by atoms with Crippen molar-refractivity contribution in [3.05, 3.63) is 0 Å². The molecule has 0 aliphatic rings. The van der Waals surface area contributed by atoms with Crippen LogP contribution in [-0.2, 0) is 9.47 Å². The van der Waals surface area contributed by atoms with E-state index >= 15 is 0 Å². The van der Waals surface area contributed by atoms with E-state index in [4.69, 9.17) is 9.47 Å². The van der Waals surface area contributed by atoms with Gasteiger partial charge in [0.25, 0.3) is 0 Å². The second-order valence-corrected chi connectivity index (χ2v) is 5.21. The Kier molecular flexibility index (Phi) is 9.99. The minimum absolute atomic E-state index is 0.553. The minimum Gasteiger partial charge on any atom is -0.379 e. The summed E-state index contributed by atoms with van der Waals surface area (Å²) in [6.45, 7) is 14.9. The van der Waals surface area contributed by atoms with Gasteiger partial charge in [0.15, 0.2) is 0 Å². The Morgan fingerprint density at radius 1 is 0.875 bits per heavy atom. The first-order chi connectivity index (χ1) is 7.52. The average Bonchev–Trinajstić information content (AvgIpc) is 2.19. The lowest BCUT2D eigenvalue weighted by atomic mass is 10.2. The zero-order chi connectivity index (χ0) is 12.4. The van der Waals surface area contributed by atoms with Crippen molar-refractivity contribution in [1.82, 2.24) is 5.32 Å². The molecular weight excluding hydrogens is 202 g/mol. The molecule has 0 saturated carbocycles. The van der Waals surface area contributed by atoms with E-state index < -0.39 is 0 Å². The molecule has 0 aliphatic carbocycles. The molecule has 0 radical (unpaired) electrons. The number of nitrogens with one attached hydrogen (secondary N) is 1. The van der Waals surface area contributed by atoms with Gasteiger partial charge in [0, 0.05) is 19.2 Å². The Labute approximate surface area is 101 Å². The van der Waals surface area contributed by atoms with Crippen LogP contribution in [-0.4, -0.2) is 39.0 Å². The second kappa shape index (κ2) is 10.1. The quantitative estimate of drug-likeness (QED) is 0.585. The maximum atomic E-state index is 5.54. The fourth-order valence-electron chi connectivity index (χ4n) is 1.22. The summed E-state index contributed by atoms with van der Waals surface area (Å²) >= 11 is 0. The summed E-state index contributed by atoms with van der Waals surface area (Å²) < 4.78 is 11.0. The standard InChI is InChI=1S/C13H29NO2/c1-11(2)9-15-6-7-16-10-13(5)8-14-12(3)4/h11-14H,6-10H2,1-5H3. The molecule has 0 amide bonds. The summed E-state index contributed by atoms with van der Waals surface area (Å²) in [5.41, 5.74) is 0. The highest BCUT2D eigenvalue weighted by molar-refractivity contribution is 4.58. The first kappa shape index (κ1) is 15.9. The number of ether oxygens (including phenoxy) is 2. The Morgan fingerprint density at radius 3 is 1.94 bits per heavy atom. The zero-order valence-electron chi connectivity index (χ0n) is 11.6. The van der Waals surface area contributed by atoms with Crippen LogP contribution in [0.2, 0.25) is 0 Å². The van der Waals surface area contributed by atoms with E-state index in [1.807, 2.05) is 0 Å². The van der Waals surface area contributed by atoms with Gasteiger partial charge in [-0.3, -0.25) is 0 Å². The van der Waals surface area contributed by atoms with Gasteiger partial charge in [-0.1, -0.05) is 34.6 Å². The van der Waals surface area contributed by atoms with Gasteiger partial charge >= 0.3 is 0 Å². The van der Waals surface area contributed by atoms with Crippen molar-refractivity contribution in [2.24, 2.45) is 11.8 Å². The van der Waals surface area contributed by atoms with Crippen LogP contribution in [0, 0.1) is 11.8 Å². The van der Waals surface area contributed by atoms with Gasteiger partial charge < -0.3 is 14.8 Å². The maximum absolute atomic E-state index is 5.54. The molecule has 0 aromatic carbocycles. The Morgan fingerprint density at radius 2 is 1.44 bits per heavy atom. The van der Waals surface area contributed by atoms with Crippen LogP contribution < -0.4 is 5.32 Å². The van der Waals surface area contributed by atoms with Crippen LogP contribution >= 0.6 is 0 Å². The topological polar surface area (TPSA) is 30.5 Å². The Hall–Kier alpha value is -0.120. The van der Waals surface area contributed by atoms with Crippen LogP contribution in [0.25, 0.3) is 0 Å². The van der Waals surface area contributed by atoms with E-state index in [1.165, 1.54) is 0 Å². The fraction of sp³-hybridized carbons (Fsp3) is 1.00. The van der Waals surface area contributed by atoms with Gasteiger partial charge in [-0.15, -0.1) is 0 Å². The molecule has 0 fully saturated rings. The third-order valence-electron chi connectivity index (χ3n) is 2.10. The number of hydrogen-bond donors (Lipinski definition) is 1. The lowest BCUT2D eigenvalue weighted by molar-refractivity contribution is 0.0272. The Balaban J connectivity index is 3.18. The van der Waals surface area contributed by atoms with Crippen molar-refractivity contribution in [1.29, 1.82) is 0 Å². The van der Waals surface area contributed by atoms with E-state index in [2.05, 4.69) is 39.9 Å². The highest BCUT2D eigenvalue weighted by atomic mass is 16.5. The molecule has 98 valence electrons. The van der Waals surface area contributed by atoms with Gasteiger partial charge in [0.1, 0.15) is 0 Å². The molecule has 0 aliphatic heterocycles. The van der Waals surface area contributed by atoms with Crippen molar-refractivity contribution in [2.45, 2.75) is 40.7 Å². The molecule has 16 heavy (non-hydrogen) atoms. The highest BCUT2D eigenvalue weighted by Crippen LogP contribution is 1.96. The molecule has 0 spiro atoms. The van der Waals surface area contributed by atoms with Gasteiger partial charge in [-0.25, -0.2) is 0 Å². The van der Waals surface area contributed by atoms with Gasteiger partial charge in [0.2, 0.25) is 0 Å². The van der Waals surface area contributed by atoms with Crippen molar-refractivity contribution in [3.8, 4) is 0 Å². The zero-order valence-corrected chi connectivity index (χ0v) is 11.6. The average molecular weight is 231 g/mol. The molecule has 1 unspecified atom stereocenters. The molecule has 0 aromatic heterocycles. The first-order valence-corrected chi connectivity index (χ1v) is 6.41.